The maximum absolute atomic E-state index is 4.33. The molecule has 1 heterocycles. The fourth-order valence-corrected chi connectivity index (χ4v) is 2.87. The maximum atomic E-state index is 4.33. The van der Waals surface area contributed by atoms with E-state index in [1.807, 2.05) is 17.5 Å². The number of hydrogen-bond donors (Lipinski definition) is 0. The summed E-state index contributed by atoms with van der Waals surface area (Å²) in [6.45, 7) is 11.4. The average Bonchev–Trinajstić information content (AvgIpc) is 2.50. The van der Waals surface area contributed by atoms with Gasteiger partial charge in [0.25, 0.3) is 0 Å². The highest BCUT2D eigenvalue weighted by atomic mass is 32.1. The summed E-state index contributed by atoms with van der Waals surface area (Å²) in [5, 5.41) is 1.18. The Kier molecular flexibility index (Phi) is 3.71. The molecule has 2 heteroatoms. The Labute approximate surface area is 91.6 Å². The quantitative estimate of drug-likeness (QED) is 0.720. The zero-order chi connectivity index (χ0) is 10.8. The van der Waals surface area contributed by atoms with Gasteiger partial charge in [-0.15, -0.1) is 11.3 Å². The molecule has 1 atom stereocenters. The van der Waals surface area contributed by atoms with Crippen LogP contribution in [0.1, 0.15) is 56.3 Å². The van der Waals surface area contributed by atoms with Crippen LogP contribution in [0.3, 0.4) is 0 Å². The van der Waals surface area contributed by atoms with Crippen LogP contribution in [0.2, 0.25) is 0 Å². The van der Waals surface area contributed by atoms with Gasteiger partial charge in [-0.2, -0.15) is 0 Å². The largest absolute Gasteiger partial charge is 0.250 e. The molecule has 1 unspecified atom stereocenters. The Bertz CT molecular complexity index is 288. The summed E-state index contributed by atoms with van der Waals surface area (Å²) < 4.78 is 0. The lowest BCUT2D eigenvalue weighted by molar-refractivity contribution is 0.276. The first-order valence-corrected chi connectivity index (χ1v) is 6.21. The zero-order valence-electron chi connectivity index (χ0n) is 9.92. The van der Waals surface area contributed by atoms with Gasteiger partial charge in [-0.3, -0.25) is 0 Å². The molecule has 1 nitrogen and oxygen atoms in total. The van der Waals surface area contributed by atoms with Crippen LogP contribution in [-0.4, -0.2) is 4.98 Å². The number of thiazole rings is 1. The van der Waals surface area contributed by atoms with E-state index in [0.717, 1.165) is 0 Å². The number of nitrogens with zero attached hydrogens (tertiary/aromatic N) is 1. The van der Waals surface area contributed by atoms with Crippen LogP contribution in [0.4, 0.5) is 0 Å². The topological polar surface area (TPSA) is 12.9 Å². The van der Waals surface area contributed by atoms with E-state index in [1.54, 1.807) is 0 Å². The summed E-state index contributed by atoms with van der Waals surface area (Å²) in [6, 6.07) is 0. The molecule has 0 bridgehead atoms. The summed E-state index contributed by atoms with van der Waals surface area (Å²) in [5.41, 5.74) is 0.397. The molecule has 14 heavy (non-hydrogen) atoms. The van der Waals surface area contributed by atoms with Gasteiger partial charge in [-0.05, 0) is 24.7 Å². The second kappa shape index (κ2) is 4.43. The van der Waals surface area contributed by atoms with Crippen molar-refractivity contribution in [3.63, 3.8) is 0 Å². The first-order valence-electron chi connectivity index (χ1n) is 5.39. The van der Waals surface area contributed by atoms with E-state index in [1.165, 1.54) is 22.7 Å². The van der Waals surface area contributed by atoms with Gasteiger partial charge in [0.1, 0.15) is 0 Å². The Morgan fingerprint density at radius 1 is 1.50 bits per heavy atom. The SMILES string of the molecule is CCCC(C)(C)C(C)c1cnc(C)s1. The molecule has 0 spiro atoms. The second-order valence-corrected chi connectivity index (χ2v) is 6.01. The third-order valence-electron chi connectivity index (χ3n) is 3.13. The predicted octanol–water partition coefficient (Wildman–Crippen LogP) is 4.38. The fraction of sp³-hybridized carbons (Fsp3) is 0.750. The van der Waals surface area contributed by atoms with Gasteiger partial charge in [-0.25, -0.2) is 4.98 Å². The number of aryl methyl sites for hydroxylation is 1. The highest BCUT2D eigenvalue weighted by Gasteiger charge is 2.27. The van der Waals surface area contributed by atoms with Crippen molar-refractivity contribution in [2.45, 2.75) is 53.4 Å². The van der Waals surface area contributed by atoms with E-state index in [0.29, 0.717) is 11.3 Å². The molecule has 0 fully saturated rings. The van der Waals surface area contributed by atoms with E-state index in [-0.39, 0.29) is 0 Å². The normalized spacial score (nSPS) is 14.4. The van der Waals surface area contributed by atoms with Gasteiger partial charge in [-0.1, -0.05) is 34.1 Å². The van der Waals surface area contributed by atoms with Crippen molar-refractivity contribution in [2.24, 2.45) is 5.41 Å². The molecule has 1 aromatic heterocycles. The summed E-state index contributed by atoms with van der Waals surface area (Å²) in [7, 11) is 0. The van der Waals surface area contributed by atoms with Gasteiger partial charge >= 0.3 is 0 Å². The van der Waals surface area contributed by atoms with Crippen LogP contribution in [-0.2, 0) is 0 Å². The van der Waals surface area contributed by atoms with Crippen molar-refractivity contribution in [3.05, 3.63) is 16.1 Å². The molecule has 0 amide bonds. The standard InChI is InChI=1S/C12H21NS/c1-6-7-12(4,5)9(2)11-8-13-10(3)14-11/h8-9H,6-7H2,1-5H3. The molecule has 1 aromatic rings. The molecule has 0 aliphatic heterocycles. The van der Waals surface area contributed by atoms with E-state index in [9.17, 15) is 0 Å². The van der Waals surface area contributed by atoms with Gasteiger partial charge in [0.2, 0.25) is 0 Å². The highest BCUT2D eigenvalue weighted by Crippen LogP contribution is 2.40. The monoisotopic (exact) mass is 211 g/mol. The lowest BCUT2D eigenvalue weighted by Crippen LogP contribution is -2.18. The lowest BCUT2D eigenvalue weighted by atomic mass is 9.76. The maximum Gasteiger partial charge on any atom is 0.0896 e. The van der Waals surface area contributed by atoms with Crippen LogP contribution in [0, 0.1) is 12.3 Å². The van der Waals surface area contributed by atoms with Gasteiger partial charge < -0.3 is 0 Å². The van der Waals surface area contributed by atoms with E-state index < -0.39 is 0 Å². The Hall–Kier alpha value is -0.370. The molecular formula is C12H21NS. The van der Waals surface area contributed by atoms with Crippen LogP contribution < -0.4 is 0 Å². The molecular weight excluding hydrogens is 190 g/mol. The smallest absolute Gasteiger partial charge is 0.0896 e. The van der Waals surface area contributed by atoms with Gasteiger partial charge in [0, 0.05) is 11.1 Å². The minimum atomic E-state index is 0.397. The molecule has 0 radical (unpaired) electrons. The average molecular weight is 211 g/mol. The van der Waals surface area contributed by atoms with Gasteiger partial charge in [0.15, 0.2) is 0 Å². The summed E-state index contributed by atoms with van der Waals surface area (Å²) >= 11 is 1.84. The zero-order valence-corrected chi connectivity index (χ0v) is 10.7. The van der Waals surface area contributed by atoms with Crippen LogP contribution in [0.25, 0.3) is 0 Å². The fourth-order valence-electron chi connectivity index (χ4n) is 1.82. The molecule has 0 aromatic carbocycles. The predicted molar refractivity (Wildman–Crippen MR) is 64.0 cm³/mol. The molecule has 80 valence electrons. The van der Waals surface area contributed by atoms with E-state index >= 15 is 0 Å². The third kappa shape index (κ3) is 2.57. The van der Waals surface area contributed by atoms with Crippen molar-refractivity contribution >= 4 is 11.3 Å². The summed E-state index contributed by atoms with van der Waals surface area (Å²) in [4.78, 5) is 5.76. The molecule has 0 N–H and O–H groups in total. The van der Waals surface area contributed by atoms with Gasteiger partial charge in [0.05, 0.1) is 5.01 Å². The first-order chi connectivity index (χ1) is 6.47. The molecule has 0 saturated heterocycles. The van der Waals surface area contributed by atoms with E-state index in [4.69, 9.17) is 0 Å². The van der Waals surface area contributed by atoms with Crippen molar-refractivity contribution < 1.29 is 0 Å². The van der Waals surface area contributed by atoms with E-state index in [2.05, 4.69) is 39.6 Å². The van der Waals surface area contributed by atoms with Crippen LogP contribution >= 0.6 is 11.3 Å². The summed E-state index contributed by atoms with van der Waals surface area (Å²) in [6.07, 6.45) is 4.59. The second-order valence-electron chi connectivity index (χ2n) is 4.74. The van der Waals surface area contributed by atoms with Crippen molar-refractivity contribution in [1.29, 1.82) is 0 Å². The highest BCUT2D eigenvalue weighted by molar-refractivity contribution is 7.11. The van der Waals surface area contributed by atoms with Crippen molar-refractivity contribution in [1.82, 2.24) is 4.98 Å². The Morgan fingerprint density at radius 2 is 2.14 bits per heavy atom. The molecule has 1 rings (SSSR count). The minimum absolute atomic E-state index is 0.397. The van der Waals surface area contributed by atoms with Crippen LogP contribution in [0.5, 0.6) is 0 Å². The van der Waals surface area contributed by atoms with Crippen LogP contribution in [0.15, 0.2) is 6.20 Å². The lowest BCUT2D eigenvalue weighted by Gasteiger charge is -2.30. The number of aromatic nitrogens is 1. The van der Waals surface area contributed by atoms with Crippen molar-refractivity contribution in [3.8, 4) is 0 Å². The van der Waals surface area contributed by atoms with Crippen molar-refractivity contribution in [2.75, 3.05) is 0 Å². The molecule has 0 aliphatic rings. The molecule has 0 aliphatic carbocycles. The Balaban J connectivity index is 2.78. The molecule has 0 saturated carbocycles. The summed E-state index contributed by atoms with van der Waals surface area (Å²) in [5.74, 6) is 0.619. The number of hydrogen-bond acceptors (Lipinski definition) is 2. The minimum Gasteiger partial charge on any atom is -0.250 e. The number of rotatable bonds is 4. The first kappa shape index (κ1) is 11.7. The Morgan fingerprint density at radius 3 is 2.57 bits per heavy atom. The third-order valence-corrected chi connectivity index (χ3v) is 4.23.